The fourth-order valence-corrected chi connectivity index (χ4v) is 1.24. The molecule has 0 aromatic heterocycles. The van der Waals surface area contributed by atoms with Crippen molar-refractivity contribution in [1.29, 1.82) is 0 Å². The molecule has 0 heterocycles. The van der Waals surface area contributed by atoms with Gasteiger partial charge in [-0.15, -0.1) is 4.91 Å². The van der Waals surface area contributed by atoms with Crippen LogP contribution in [-0.4, -0.2) is 0 Å². The molecule has 0 aliphatic heterocycles. The maximum absolute atomic E-state index is 10.4. The monoisotopic (exact) mass is 173 g/mol. The SMILES string of the molecule is O=Nc1ccccc1/C=C/C1CC1. The number of hydrogen-bond donors (Lipinski definition) is 0. The van der Waals surface area contributed by atoms with Gasteiger partial charge in [-0.05, 0) is 30.0 Å². The minimum absolute atomic E-state index is 0.527. The zero-order valence-corrected chi connectivity index (χ0v) is 7.31. The number of nitroso groups, excluding NO2 is 1. The Labute approximate surface area is 77.3 Å². The Kier molecular flexibility index (Phi) is 2.21. The Bertz CT molecular complexity index is 340. The summed E-state index contributed by atoms with van der Waals surface area (Å²) in [6.45, 7) is 0. The Hall–Kier alpha value is -1.44. The van der Waals surface area contributed by atoms with Crippen LogP contribution >= 0.6 is 0 Å². The molecule has 0 radical (unpaired) electrons. The van der Waals surface area contributed by atoms with E-state index in [4.69, 9.17) is 0 Å². The van der Waals surface area contributed by atoms with Crippen LogP contribution in [0, 0.1) is 10.8 Å². The summed E-state index contributed by atoms with van der Waals surface area (Å²) >= 11 is 0. The third-order valence-electron chi connectivity index (χ3n) is 2.21. The molecule has 0 spiro atoms. The van der Waals surface area contributed by atoms with E-state index in [9.17, 15) is 4.91 Å². The van der Waals surface area contributed by atoms with Crippen molar-refractivity contribution < 1.29 is 0 Å². The highest BCUT2D eigenvalue weighted by Crippen LogP contribution is 2.31. The second kappa shape index (κ2) is 3.52. The van der Waals surface area contributed by atoms with E-state index in [0.717, 1.165) is 11.5 Å². The first-order valence-corrected chi connectivity index (χ1v) is 4.51. The predicted molar refractivity (Wildman–Crippen MR) is 53.7 cm³/mol. The Morgan fingerprint density at radius 1 is 1.31 bits per heavy atom. The molecule has 1 saturated carbocycles. The summed E-state index contributed by atoms with van der Waals surface area (Å²) in [5, 5.41) is 2.97. The molecule has 0 atom stereocenters. The summed E-state index contributed by atoms with van der Waals surface area (Å²) in [6, 6.07) is 7.39. The summed E-state index contributed by atoms with van der Waals surface area (Å²) in [4.78, 5) is 10.4. The fraction of sp³-hybridized carbons (Fsp3) is 0.273. The van der Waals surface area contributed by atoms with Gasteiger partial charge in [0.15, 0.2) is 0 Å². The van der Waals surface area contributed by atoms with E-state index in [0.29, 0.717) is 5.69 Å². The van der Waals surface area contributed by atoms with E-state index in [1.165, 1.54) is 12.8 Å². The largest absolute Gasteiger partial charge is 0.145 e. The lowest BCUT2D eigenvalue weighted by Gasteiger charge is -1.94. The number of allylic oxidation sites excluding steroid dienone is 1. The summed E-state index contributed by atoms with van der Waals surface area (Å²) in [5.74, 6) is 0.736. The van der Waals surface area contributed by atoms with Crippen molar-refractivity contribution in [1.82, 2.24) is 0 Å². The molecule has 1 aliphatic rings. The van der Waals surface area contributed by atoms with Crippen molar-refractivity contribution in [2.24, 2.45) is 11.1 Å². The number of nitrogens with zero attached hydrogens (tertiary/aromatic N) is 1. The van der Waals surface area contributed by atoms with E-state index >= 15 is 0 Å². The summed E-state index contributed by atoms with van der Waals surface area (Å²) in [7, 11) is 0. The molecular formula is C11H11NO. The van der Waals surface area contributed by atoms with Crippen molar-refractivity contribution in [3.05, 3.63) is 40.8 Å². The van der Waals surface area contributed by atoms with Gasteiger partial charge in [0, 0.05) is 5.56 Å². The van der Waals surface area contributed by atoms with Gasteiger partial charge in [-0.25, -0.2) is 0 Å². The minimum Gasteiger partial charge on any atom is -0.145 e. The number of rotatable bonds is 3. The van der Waals surface area contributed by atoms with Gasteiger partial charge < -0.3 is 0 Å². The quantitative estimate of drug-likeness (QED) is 0.643. The Morgan fingerprint density at radius 3 is 2.77 bits per heavy atom. The van der Waals surface area contributed by atoms with Crippen LogP contribution < -0.4 is 0 Å². The molecule has 1 aromatic rings. The molecule has 0 bridgehead atoms. The molecule has 1 aromatic carbocycles. The molecule has 1 fully saturated rings. The molecule has 13 heavy (non-hydrogen) atoms. The highest BCUT2D eigenvalue weighted by Gasteiger charge is 2.17. The molecule has 2 nitrogen and oxygen atoms in total. The molecule has 2 rings (SSSR count). The number of benzene rings is 1. The van der Waals surface area contributed by atoms with E-state index in [1.807, 2.05) is 24.3 Å². The van der Waals surface area contributed by atoms with Gasteiger partial charge >= 0.3 is 0 Å². The minimum atomic E-state index is 0.527. The van der Waals surface area contributed by atoms with E-state index < -0.39 is 0 Å². The zero-order valence-electron chi connectivity index (χ0n) is 7.31. The van der Waals surface area contributed by atoms with Crippen LogP contribution in [0.5, 0.6) is 0 Å². The maximum atomic E-state index is 10.4. The second-order valence-corrected chi connectivity index (χ2v) is 3.35. The molecule has 0 N–H and O–H groups in total. The third kappa shape index (κ3) is 2.02. The highest BCUT2D eigenvalue weighted by atomic mass is 16.3. The first-order chi connectivity index (χ1) is 6.40. The molecule has 66 valence electrons. The fourth-order valence-electron chi connectivity index (χ4n) is 1.24. The van der Waals surface area contributed by atoms with Crippen LogP contribution in [0.3, 0.4) is 0 Å². The van der Waals surface area contributed by atoms with Gasteiger partial charge in [0.25, 0.3) is 0 Å². The van der Waals surface area contributed by atoms with Crippen LogP contribution in [-0.2, 0) is 0 Å². The lowest BCUT2D eigenvalue weighted by Crippen LogP contribution is -1.72. The average molecular weight is 173 g/mol. The summed E-state index contributed by atoms with van der Waals surface area (Å²) in [5.41, 5.74) is 1.45. The molecule has 1 aliphatic carbocycles. The van der Waals surface area contributed by atoms with Crippen LogP contribution in [0.2, 0.25) is 0 Å². The van der Waals surface area contributed by atoms with Gasteiger partial charge in [0.2, 0.25) is 0 Å². The van der Waals surface area contributed by atoms with Crippen LogP contribution in [0.25, 0.3) is 6.08 Å². The van der Waals surface area contributed by atoms with E-state index in [2.05, 4.69) is 11.3 Å². The second-order valence-electron chi connectivity index (χ2n) is 3.35. The average Bonchev–Trinajstić information content (AvgIpc) is 2.99. The van der Waals surface area contributed by atoms with E-state index in [1.54, 1.807) is 6.07 Å². The van der Waals surface area contributed by atoms with Gasteiger partial charge in [-0.1, -0.05) is 30.4 Å². The van der Waals surface area contributed by atoms with Crippen molar-refractivity contribution in [3.63, 3.8) is 0 Å². The normalized spacial score (nSPS) is 16.3. The Balaban J connectivity index is 2.21. The maximum Gasteiger partial charge on any atom is 0.115 e. The van der Waals surface area contributed by atoms with Crippen LogP contribution in [0.4, 0.5) is 5.69 Å². The lowest BCUT2D eigenvalue weighted by molar-refractivity contribution is 1.13. The van der Waals surface area contributed by atoms with Crippen molar-refractivity contribution in [2.45, 2.75) is 12.8 Å². The molecule has 2 heteroatoms. The standard InChI is InChI=1S/C11H11NO/c13-12-11-4-2-1-3-10(11)8-7-9-5-6-9/h1-4,7-9H,5-6H2/b8-7+. The lowest BCUT2D eigenvalue weighted by atomic mass is 10.1. The van der Waals surface area contributed by atoms with Gasteiger partial charge in [0.1, 0.15) is 5.69 Å². The van der Waals surface area contributed by atoms with E-state index in [-0.39, 0.29) is 0 Å². The molecule has 0 saturated heterocycles. The summed E-state index contributed by atoms with van der Waals surface area (Å²) < 4.78 is 0. The van der Waals surface area contributed by atoms with Gasteiger partial charge in [-0.3, -0.25) is 0 Å². The summed E-state index contributed by atoms with van der Waals surface area (Å²) in [6.07, 6.45) is 6.72. The zero-order chi connectivity index (χ0) is 9.10. The Morgan fingerprint density at radius 2 is 2.08 bits per heavy atom. The first kappa shape index (κ1) is 8.17. The van der Waals surface area contributed by atoms with Crippen molar-refractivity contribution >= 4 is 11.8 Å². The molecule has 0 amide bonds. The van der Waals surface area contributed by atoms with Gasteiger partial charge in [-0.2, -0.15) is 0 Å². The highest BCUT2D eigenvalue weighted by molar-refractivity contribution is 5.63. The van der Waals surface area contributed by atoms with Gasteiger partial charge in [0.05, 0.1) is 0 Å². The first-order valence-electron chi connectivity index (χ1n) is 4.51. The molecular weight excluding hydrogens is 162 g/mol. The van der Waals surface area contributed by atoms with Crippen molar-refractivity contribution in [3.8, 4) is 0 Å². The topological polar surface area (TPSA) is 29.4 Å². The van der Waals surface area contributed by atoms with Crippen molar-refractivity contribution in [2.75, 3.05) is 0 Å². The third-order valence-corrected chi connectivity index (χ3v) is 2.21. The number of hydrogen-bond acceptors (Lipinski definition) is 2. The van der Waals surface area contributed by atoms with Crippen LogP contribution in [0.1, 0.15) is 18.4 Å². The molecule has 0 unspecified atom stereocenters. The smallest absolute Gasteiger partial charge is 0.115 e. The van der Waals surface area contributed by atoms with Crippen LogP contribution in [0.15, 0.2) is 35.5 Å². The predicted octanol–water partition coefficient (Wildman–Crippen LogP) is 3.51.